The third-order valence-electron chi connectivity index (χ3n) is 10.1. The van der Waals surface area contributed by atoms with Gasteiger partial charge in [0, 0.05) is 48.5 Å². The number of rotatable bonds is 11. The number of furan rings is 2. The molecule has 0 spiro atoms. The number of carbonyl (C=O) groups is 1. The van der Waals surface area contributed by atoms with Crippen molar-refractivity contribution in [3.63, 3.8) is 0 Å². The van der Waals surface area contributed by atoms with E-state index in [1.165, 1.54) is 12.1 Å². The number of alkyl halides is 6. The van der Waals surface area contributed by atoms with Crippen molar-refractivity contribution in [1.29, 1.82) is 0 Å². The van der Waals surface area contributed by atoms with Gasteiger partial charge in [-0.2, -0.15) is 26.3 Å². The molecule has 5 nitrogen and oxygen atoms in total. The molecule has 11 heteroatoms. The Balaban J connectivity index is 1.08. The van der Waals surface area contributed by atoms with E-state index in [9.17, 15) is 31.1 Å². The number of nitrogens with zero attached hydrogens (tertiary/aromatic N) is 1. The van der Waals surface area contributed by atoms with Gasteiger partial charge in [-0.3, -0.25) is 4.79 Å². The van der Waals surface area contributed by atoms with Crippen molar-refractivity contribution in [2.45, 2.75) is 25.2 Å². The fourth-order valence-corrected chi connectivity index (χ4v) is 7.37. The molecule has 0 atom stereocenters. The Morgan fingerprint density at radius 1 is 0.576 bits per heavy atom. The Bertz CT molecular complexity index is 2800. The number of amides is 1. The molecule has 298 valence electrons. The third-order valence-corrected chi connectivity index (χ3v) is 10.1. The molecule has 0 aliphatic rings. The monoisotopic (exact) mass is 803 g/mol. The second kappa shape index (κ2) is 16.0. The quantitative estimate of drug-likeness (QED) is 0.122. The highest BCUT2D eigenvalue weighted by molar-refractivity contribution is 6.08. The molecule has 0 radical (unpaired) electrons. The molecule has 8 rings (SSSR count). The Morgan fingerprint density at radius 3 is 1.59 bits per heavy atom. The second-order valence-corrected chi connectivity index (χ2v) is 14.2. The number of anilines is 1. The molecule has 8 aromatic rings. The van der Waals surface area contributed by atoms with Crippen molar-refractivity contribution in [2.24, 2.45) is 0 Å². The first-order valence-electron chi connectivity index (χ1n) is 18.7. The van der Waals surface area contributed by atoms with Gasteiger partial charge in [-0.1, -0.05) is 84.9 Å². The standard InChI is InChI=1S/C48H35F6NO4/c1-57-21-20-55(37-15-5-11-33(27-37)41-17-7-19-45-43(41)29-39(59-45)25-31-9-3-14-36(23-31)48(52,53)54)46(56)34-12-4-10-32(26-34)40-16-6-18-44-42(40)28-38(58-44)24-30-8-2-13-35(22-30)47(49,50)51/h2-19,22-23,26-29H,20-21,24-25H2,1H3. The van der Waals surface area contributed by atoms with Crippen molar-refractivity contribution in [1.82, 2.24) is 0 Å². The number of methoxy groups -OCH3 is 1. The lowest BCUT2D eigenvalue weighted by Crippen LogP contribution is -2.34. The maximum atomic E-state index is 14.4. The lowest BCUT2D eigenvalue weighted by atomic mass is 9.98. The Hall–Kier alpha value is -6.59. The van der Waals surface area contributed by atoms with Crippen LogP contribution in [0.1, 0.15) is 44.1 Å². The second-order valence-electron chi connectivity index (χ2n) is 14.2. The van der Waals surface area contributed by atoms with Crippen LogP contribution in [0.4, 0.5) is 32.0 Å². The van der Waals surface area contributed by atoms with E-state index < -0.39 is 23.5 Å². The summed E-state index contributed by atoms with van der Waals surface area (Å²) in [4.78, 5) is 16.1. The van der Waals surface area contributed by atoms with Crippen LogP contribution in [0.25, 0.3) is 44.2 Å². The molecule has 0 unspecified atom stereocenters. The average molecular weight is 804 g/mol. The summed E-state index contributed by atoms with van der Waals surface area (Å²) in [5.74, 6) is 0.746. The number of hydrogen-bond acceptors (Lipinski definition) is 4. The molecule has 0 fully saturated rings. The van der Waals surface area contributed by atoms with Gasteiger partial charge in [0.05, 0.1) is 17.7 Å². The zero-order valence-electron chi connectivity index (χ0n) is 31.5. The highest BCUT2D eigenvalue weighted by atomic mass is 19.4. The van der Waals surface area contributed by atoms with Crippen LogP contribution < -0.4 is 4.90 Å². The van der Waals surface area contributed by atoms with Crippen LogP contribution in [0.5, 0.6) is 0 Å². The Kier molecular flexibility index (Phi) is 10.6. The summed E-state index contributed by atoms with van der Waals surface area (Å²) in [7, 11) is 1.56. The van der Waals surface area contributed by atoms with E-state index >= 15 is 0 Å². The third kappa shape index (κ3) is 8.51. The molecule has 2 aromatic heterocycles. The van der Waals surface area contributed by atoms with Crippen molar-refractivity contribution in [2.75, 3.05) is 25.2 Å². The van der Waals surface area contributed by atoms with Crippen LogP contribution in [-0.2, 0) is 29.9 Å². The maximum absolute atomic E-state index is 14.4. The molecule has 6 aromatic carbocycles. The predicted molar refractivity (Wildman–Crippen MR) is 215 cm³/mol. The fourth-order valence-electron chi connectivity index (χ4n) is 7.37. The van der Waals surface area contributed by atoms with E-state index in [0.29, 0.717) is 45.1 Å². The summed E-state index contributed by atoms with van der Waals surface area (Å²) in [6, 6.07) is 39.9. The topological polar surface area (TPSA) is 55.8 Å². The molecule has 0 saturated heterocycles. The van der Waals surface area contributed by atoms with E-state index in [-0.39, 0.29) is 31.9 Å². The normalized spacial score (nSPS) is 12.1. The minimum atomic E-state index is -4.45. The van der Waals surface area contributed by atoms with Gasteiger partial charge in [0.15, 0.2) is 0 Å². The number of halogens is 6. The van der Waals surface area contributed by atoms with Gasteiger partial charge in [-0.25, -0.2) is 0 Å². The molecule has 0 saturated carbocycles. The summed E-state index contributed by atoms with van der Waals surface area (Å²) in [5.41, 5.74) is 4.85. The summed E-state index contributed by atoms with van der Waals surface area (Å²) in [5, 5.41) is 1.54. The SMILES string of the molecule is COCCN(C(=O)c1cccc(-c2cccc3oc(Cc4cccc(C(F)(F)F)c4)cc23)c1)c1cccc(-c2cccc3oc(Cc4cccc(C(F)(F)F)c4)cc23)c1. The molecule has 59 heavy (non-hydrogen) atoms. The Morgan fingerprint density at radius 2 is 1.07 bits per heavy atom. The first-order chi connectivity index (χ1) is 28.3. The summed E-state index contributed by atoms with van der Waals surface area (Å²) >= 11 is 0. The molecule has 1 amide bonds. The minimum absolute atomic E-state index is 0.167. The molecule has 0 aliphatic carbocycles. The molecular formula is C48H35F6NO4. The van der Waals surface area contributed by atoms with E-state index in [4.69, 9.17) is 13.6 Å². The first kappa shape index (κ1) is 39.2. The van der Waals surface area contributed by atoms with Crippen LogP contribution in [0, 0.1) is 0 Å². The number of hydrogen-bond donors (Lipinski definition) is 0. The molecule has 0 N–H and O–H groups in total. The van der Waals surface area contributed by atoms with Gasteiger partial charge in [0.1, 0.15) is 22.7 Å². The molecule has 0 aliphatic heterocycles. The van der Waals surface area contributed by atoms with Crippen molar-refractivity contribution >= 4 is 33.5 Å². The zero-order chi connectivity index (χ0) is 41.3. The van der Waals surface area contributed by atoms with Crippen molar-refractivity contribution in [3.8, 4) is 22.3 Å². The zero-order valence-corrected chi connectivity index (χ0v) is 31.5. The predicted octanol–water partition coefficient (Wildman–Crippen LogP) is 13.0. The van der Waals surface area contributed by atoms with E-state index in [2.05, 4.69) is 0 Å². The highest BCUT2D eigenvalue weighted by Gasteiger charge is 2.31. The summed E-state index contributed by atoms with van der Waals surface area (Å²) < 4.78 is 97.8. The van der Waals surface area contributed by atoms with Crippen LogP contribution in [0.2, 0.25) is 0 Å². The molecule has 0 bridgehead atoms. The number of carbonyl (C=O) groups excluding carboxylic acids is 1. The van der Waals surface area contributed by atoms with Gasteiger partial charge < -0.3 is 18.5 Å². The van der Waals surface area contributed by atoms with Crippen LogP contribution in [0.15, 0.2) is 154 Å². The largest absolute Gasteiger partial charge is 0.461 e. The van der Waals surface area contributed by atoms with Gasteiger partial charge in [-0.05, 0) is 94.0 Å². The Labute approximate surface area is 335 Å². The molecular weight excluding hydrogens is 769 g/mol. The van der Waals surface area contributed by atoms with E-state index in [0.717, 1.165) is 57.3 Å². The first-order valence-corrected chi connectivity index (χ1v) is 18.7. The van der Waals surface area contributed by atoms with Crippen LogP contribution in [0.3, 0.4) is 0 Å². The van der Waals surface area contributed by atoms with E-state index in [1.54, 1.807) is 54.5 Å². The van der Waals surface area contributed by atoms with Crippen LogP contribution >= 0.6 is 0 Å². The highest BCUT2D eigenvalue weighted by Crippen LogP contribution is 2.37. The number of benzene rings is 6. The fraction of sp³-hybridized carbons (Fsp3) is 0.146. The van der Waals surface area contributed by atoms with Gasteiger partial charge in [0.25, 0.3) is 5.91 Å². The number of ether oxygens (including phenoxy) is 1. The maximum Gasteiger partial charge on any atom is 0.416 e. The van der Waals surface area contributed by atoms with Gasteiger partial charge in [-0.15, -0.1) is 0 Å². The number of fused-ring (bicyclic) bond motifs is 2. The minimum Gasteiger partial charge on any atom is -0.461 e. The lowest BCUT2D eigenvalue weighted by molar-refractivity contribution is -0.138. The van der Waals surface area contributed by atoms with Crippen molar-refractivity contribution in [3.05, 3.63) is 185 Å². The van der Waals surface area contributed by atoms with Gasteiger partial charge in [0.2, 0.25) is 0 Å². The molecule has 2 heterocycles. The van der Waals surface area contributed by atoms with Crippen molar-refractivity contribution < 1.29 is 44.7 Å². The van der Waals surface area contributed by atoms with Gasteiger partial charge >= 0.3 is 12.4 Å². The van der Waals surface area contributed by atoms with Crippen LogP contribution in [-0.4, -0.2) is 26.2 Å². The van der Waals surface area contributed by atoms with E-state index in [1.807, 2.05) is 66.7 Å². The average Bonchev–Trinajstić information content (AvgIpc) is 3.84. The lowest BCUT2D eigenvalue weighted by Gasteiger charge is -2.24. The smallest absolute Gasteiger partial charge is 0.416 e. The summed E-state index contributed by atoms with van der Waals surface area (Å²) in [6.07, 6.45) is -8.57. The summed E-state index contributed by atoms with van der Waals surface area (Å²) in [6.45, 7) is 0.505.